The van der Waals surface area contributed by atoms with Gasteiger partial charge < -0.3 is 11.1 Å². The topological polar surface area (TPSA) is 123 Å². The standard InChI is InChI=1S/C11H19N7OS/c1-8(2)11(3,7-13)14-9(19)6-20-10-15-16-17-18(10)5-4-12/h8H,4-6,12H2,1-3H3,(H,14,19). The zero-order valence-electron chi connectivity index (χ0n) is 11.8. The smallest absolute Gasteiger partial charge is 0.231 e. The molecule has 0 bridgehead atoms. The molecule has 20 heavy (non-hydrogen) atoms. The molecular formula is C11H19N7OS. The molecule has 0 aliphatic heterocycles. The molecule has 0 saturated carbocycles. The van der Waals surface area contributed by atoms with Crippen molar-refractivity contribution in [1.82, 2.24) is 25.5 Å². The molecule has 1 unspecified atom stereocenters. The molecule has 0 radical (unpaired) electrons. The number of nitrogens with zero attached hydrogens (tertiary/aromatic N) is 5. The number of hydrogen-bond donors (Lipinski definition) is 2. The summed E-state index contributed by atoms with van der Waals surface area (Å²) in [4.78, 5) is 11.9. The lowest BCUT2D eigenvalue weighted by Crippen LogP contribution is -2.49. The van der Waals surface area contributed by atoms with Crippen LogP contribution >= 0.6 is 11.8 Å². The van der Waals surface area contributed by atoms with Gasteiger partial charge in [-0.1, -0.05) is 25.6 Å². The fourth-order valence-corrected chi connectivity index (χ4v) is 2.02. The van der Waals surface area contributed by atoms with Crippen LogP contribution in [-0.4, -0.2) is 44.0 Å². The predicted octanol–water partition coefficient (Wildman–Crippen LogP) is -0.222. The molecule has 1 heterocycles. The zero-order chi connectivity index (χ0) is 15.2. The summed E-state index contributed by atoms with van der Waals surface area (Å²) in [5, 5.41) is 23.6. The van der Waals surface area contributed by atoms with E-state index in [-0.39, 0.29) is 17.6 Å². The molecule has 8 nitrogen and oxygen atoms in total. The number of carbonyl (C=O) groups is 1. The van der Waals surface area contributed by atoms with E-state index >= 15 is 0 Å². The minimum Gasteiger partial charge on any atom is -0.337 e. The Bertz CT molecular complexity index is 495. The summed E-state index contributed by atoms with van der Waals surface area (Å²) in [6.45, 7) is 6.40. The highest BCUT2D eigenvalue weighted by molar-refractivity contribution is 7.99. The number of rotatable bonds is 7. The maximum absolute atomic E-state index is 11.9. The highest BCUT2D eigenvalue weighted by atomic mass is 32.2. The maximum Gasteiger partial charge on any atom is 0.231 e. The van der Waals surface area contributed by atoms with E-state index in [1.54, 1.807) is 11.6 Å². The van der Waals surface area contributed by atoms with Crippen molar-refractivity contribution in [3.8, 4) is 6.07 Å². The van der Waals surface area contributed by atoms with Gasteiger partial charge in [0.25, 0.3) is 0 Å². The van der Waals surface area contributed by atoms with E-state index < -0.39 is 5.54 Å². The first-order valence-corrected chi connectivity index (χ1v) is 7.22. The number of aromatic nitrogens is 4. The molecule has 1 amide bonds. The van der Waals surface area contributed by atoms with Crippen LogP contribution in [0.15, 0.2) is 5.16 Å². The van der Waals surface area contributed by atoms with Crippen LogP contribution in [0.25, 0.3) is 0 Å². The third kappa shape index (κ3) is 4.18. The van der Waals surface area contributed by atoms with Crippen molar-refractivity contribution >= 4 is 17.7 Å². The van der Waals surface area contributed by atoms with E-state index in [0.717, 1.165) is 0 Å². The van der Waals surface area contributed by atoms with E-state index in [2.05, 4.69) is 26.9 Å². The van der Waals surface area contributed by atoms with Gasteiger partial charge in [0.2, 0.25) is 11.1 Å². The molecule has 0 saturated heterocycles. The lowest BCUT2D eigenvalue weighted by atomic mass is 9.90. The van der Waals surface area contributed by atoms with Gasteiger partial charge in [-0.3, -0.25) is 4.79 Å². The van der Waals surface area contributed by atoms with Gasteiger partial charge in [-0.2, -0.15) is 5.26 Å². The molecule has 0 fully saturated rings. The lowest BCUT2D eigenvalue weighted by molar-refractivity contribution is -0.120. The monoisotopic (exact) mass is 297 g/mol. The quantitative estimate of drug-likeness (QED) is 0.667. The summed E-state index contributed by atoms with van der Waals surface area (Å²) in [6.07, 6.45) is 0. The summed E-state index contributed by atoms with van der Waals surface area (Å²) >= 11 is 1.21. The van der Waals surface area contributed by atoms with Gasteiger partial charge in [0, 0.05) is 6.54 Å². The van der Waals surface area contributed by atoms with Crippen LogP contribution in [0.5, 0.6) is 0 Å². The first-order chi connectivity index (χ1) is 9.42. The first kappa shape index (κ1) is 16.4. The van der Waals surface area contributed by atoms with Crippen molar-refractivity contribution in [3.05, 3.63) is 0 Å². The Kier molecular flexibility index (Phi) is 5.91. The normalized spacial score (nSPS) is 13.8. The molecule has 1 rings (SSSR count). The van der Waals surface area contributed by atoms with Gasteiger partial charge in [0.05, 0.1) is 18.4 Å². The summed E-state index contributed by atoms with van der Waals surface area (Å²) < 4.78 is 1.55. The van der Waals surface area contributed by atoms with Crippen LogP contribution in [0.4, 0.5) is 0 Å². The molecule has 1 aromatic heterocycles. The van der Waals surface area contributed by atoms with Gasteiger partial charge in [-0.25, -0.2) is 4.68 Å². The fraction of sp³-hybridized carbons (Fsp3) is 0.727. The highest BCUT2D eigenvalue weighted by Gasteiger charge is 2.29. The van der Waals surface area contributed by atoms with Crippen molar-refractivity contribution in [3.63, 3.8) is 0 Å². The van der Waals surface area contributed by atoms with E-state index in [0.29, 0.717) is 18.2 Å². The Morgan fingerprint density at radius 1 is 1.65 bits per heavy atom. The highest BCUT2D eigenvalue weighted by Crippen LogP contribution is 2.17. The molecular weight excluding hydrogens is 278 g/mol. The number of hydrogen-bond acceptors (Lipinski definition) is 7. The van der Waals surface area contributed by atoms with Crippen LogP contribution in [0.1, 0.15) is 20.8 Å². The Morgan fingerprint density at radius 3 is 2.90 bits per heavy atom. The third-order valence-corrected chi connectivity index (χ3v) is 3.92. The molecule has 0 spiro atoms. The van der Waals surface area contributed by atoms with Gasteiger partial charge in [-0.15, -0.1) is 5.10 Å². The van der Waals surface area contributed by atoms with Crippen LogP contribution in [-0.2, 0) is 11.3 Å². The number of carbonyl (C=O) groups excluding carboxylic acids is 1. The average molecular weight is 297 g/mol. The predicted molar refractivity (Wildman–Crippen MR) is 74.6 cm³/mol. The molecule has 110 valence electrons. The molecule has 1 atom stereocenters. The number of thioether (sulfide) groups is 1. The molecule has 1 aromatic rings. The second kappa shape index (κ2) is 7.21. The van der Waals surface area contributed by atoms with Crippen molar-refractivity contribution in [2.45, 2.75) is 38.0 Å². The summed E-state index contributed by atoms with van der Waals surface area (Å²) in [5.74, 6) is -0.0615. The van der Waals surface area contributed by atoms with Crippen LogP contribution in [0.3, 0.4) is 0 Å². The molecule has 0 aromatic carbocycles. The number of tetrazole rings is 1. The van der Waals surface area contributed by atoms with Crippen molar-refractivity contribution in [2.75, 3.05) is 12.3 Å². The van der Waals surface area contributed by atoms with Gasteiger partial charge >= 0.3 is 0 Å². The van der Waals surface area contributed by atoms with Gasteiger partial charge in [0.15, 0.2) is 0 Å². The van der Waals surface area contributed by atoms with Crippen molar-refractivity contribution in [1.29, 1.82) is 5.26 Å². The van der Waals surface area contributed by atoms with E-state index in [1.807, 2.05) is 13.8 Å². The lowest BCUT2D eigenvalue weighted by Gasteiger charge is -2.27. The molecule has 0 aliphatic carbocycles. The summed E-state index contributed by atoms with van der Waals surface area (Å²) in [6, 6.07) is 2.13. The second-order valence-electron chi connectivity index (χ2n) is 4.78. The van der Waals surface area contributed by atoms with E-state index in [9.17, 15) is 4.79 Å². The summed E-state index contributed by atoms with van der Waals surface area (Å²) in [5.41, 5.74) is 4.56. The second-order valence-corrected chi connectivity index (χ2v) is 5.72. The zero-order valence-corrected chi connectivity index (χ0v) is 12.6. The van der Waals surface area contributed by atoms with Crippen LogP contribution < -0.4 is 11.1 Å². The SMILES string of the molecule is CC(C)C(C)(C#N)NC(=O)CSc1nnnn1CCN. The Hall–Kier alpha value is -1.66. The number of nitrogens with two attached hydrogens (primary N) is 1. The number of nitriles is 1. The molecule has 3 N–H and O–H groups in total. The van der Waals surface area contributed by atoms with E-state index in [4.69, 9.17) is 11.0 Å². The van der Waals surface area contributed by atoms with Gasteiger partial charge in [-0.05, 0) is 23.3 Å². The Morgan fingerprint density at radius 2 is 2.35 bits per heavy atom. The molecule has 9 heteroatoms. The average Bonchev–Trinajstić information content (AvgIpc) is 2.84. The van der Waals surface area contributed by atoms with Gasteiger partial charge in [0.1, 0.15) is 5.54 Å². The third-order valence-electron chi connectivity index (χ3n) is 2.96. The van der Waals surface area contributed by atoms with Crippen LogP contribution in [0, 0.1) is 17.2 Å². The van der Waals surface area contributed by atoms with E-state index in [1.165, 1.54) is 11.8 Å². The largest absolute Gasteiger partial charge is 0.337 e. The summed E-state index contributed by atoms with van der Waals surface area (Å²) in [7, 11) is 0. The molecule has 0 aliphatic rings. The van der Waals surface area contributed by atoms with Crippen LogP contribution in [0.2, 0.25) is 0 Å². The minimum absolute atomic E-state index is 0.0176. The number of amides is 1. The first-order valence-electron chi connectivity index (χ1n) is 6.24. The minimum atomic E-state index is -0.874. The Labute approximate surface area is 122 Å². The van der Waals surface area contributed by atoms with Crippen molar-refractivity contribution in [2.24, 2.45) is 11.7 Å². The van der Waals surface area contributed by atoms with Crippen molar-refractivity contribution < 1.29 is 4.79 Å². The Balaban J connectivity index is 2.56. The fourth-order valence-electron chi connectivity index (χ4n) is 1.32. The number of nitrogens with one attached hydrogen (secondary N) is 1. The maximum atomic E-state index is 11.9.